The number of aromatic nitrogens is 2. The van der Waals surface area contributed by atoms with Crippen LogP contribution in [0.3, 0.4) is 0 Å². The van der Waals surface area contributed by atoms with Crippen molar-refractivity contribution in [2.45, 2.75) is 20.4 Å². The first-order valence-electron chi connectivity index (χ1n) is 5.24. The first-order valence-corrected chi connectivity index (χ1v) is 6.83. The molecule has 0 unspecified atom stereocenters. The molecular formula is C12H13Br2N3. The summed E-state index contributed by atoms with van der Waals surface area (Å²) >= 11 is 7.02. The molecule has 0 spiro atoms. The van der Waals surface area contributed by atoms with E-state index in [2.05, 4.69) is 43.0 Å². The zero-order valence-electron chi connectivity index (χ0n) is 9.67. The van der Waals surface area contributed by atoms with Crippen molar-refractivity contribution in [2.24, 2.45) is 5.73 Å². The third-order valence-corrected chi connectivity index (χ3v) is 4.23. The van der Waals surface area contributed by atoms with Crippen molar-refractivity contribution in [3.63, 3.8) is 0 Å². The van der Waals surface area contributed by atoms with E-state index in [4.69, 9.17) is 5.73 Å². The number of hydrogen-bond donors (Lipinski definition) is 1. The van der Waals surface area contributed by atoms with E-state index in [1.54, 1.807) is 0 Å². The number of hydrogen-bond acceptors (Lipinski definition) is 2. The second-order valence-corrected chi connectivity index (χ2v) is 5.63. The second-order valence-electron chi connectivity index (χ2n) is 3.92. The average molecular weight is 359 g/mol. The number of nitrogens with zero attached hydrogens (tertiary/aromatic N) is 2. The molecule has 90 valence electrons. The lowest BCUT2D eigenvalue weighted by Gasteiger charge is -2.07. The van der Waals surface area contributed by atoms with Gasteiger partial charge in [0.25, 0.3) is 0 Å². The molecule has 2 rings (SSSR count). The Morgan fingerprint density at radius 3 is 2.47 bits per heavy atom. The minimum Gasteiger partial charge on any atom is -0.326 e. The van der Waals surface area contributed by atoms with Crippen LogP contribution in [0.25, 0.3) is 5.69 Å². The smallest absolute Gasteiger partial charge is 0.0743 e. The number of nitrogens with two attached hydrogens (primary N) is 1. The molecule has 0 aliphatic carbocycles. The van der Waals surface area contributed by atoms with Crippen LogP contribution >= 0.6 is 31.9 Å². The highest BCUT2D eigenvalue weighted by Crippen LogP contribution is 2.25. The van der Waals surface area contributed by atoms with Gasteiger partial charge in [-0.2, -0.15) is 5.10 Å². The Kier molecular flexibility index (Phi) is 3.70. The minimum absolute atomic E-state index is 0.521. The van der Waals surface area contributed by atoms with Crippen LogP contribution in [0, 0.1) is 13.8 Å². The molecule has 17 heavy (non-hydrogen) atoms. The Bertz CT molecular complexity index is 561. The molecule has 5 heteroatoms. The number of benzene rings is 1. The van der Waals surface area contributed by atoms with E-state index in [1.165, 1.54) is 0 Å². The van der Waals surface area contributed by atoms with Gasteiger partial charge in [0.05, 0.1) is 21.5 Å². The predicted molar refractivity (Wildman–Crippen MR) is 76.3 cm³/mol. The highest BCUT2D eigenvalue weighted by atomic mass is 79.9. The lowest BCUT2D eigenvalue weighted by Crippen LogP contribution is -2.02. The van der Waals surface area contributed by atoms with Crippen LogP contribution < -0.4 is 5.73 Å². The maximum Gasteiger partial charge on any atom is 0.0743 e. The van der Waals surface area contributed by atoms with Crippen molar-refractivity contribution < 1.29 is 0 Å². The fraction of sp³-hybridized carbons (Fsp3) is 0.250. The van der Waals surface area contributed by atoms with Crippen LogP contribution in [0.2, 0.25) is 0 Å². The summed E-state index contributed by atoms with van der Waals surface area (Å²) in [5.74, 6) is 0. The summed E-state index contributed by atoms with van der Waals surface area (Å²) in [6.45, 7) is 4.54. The van der Waals surface area contributed by atoms with Crippen molar-refractivity contribution in [2.75, 3.05) is 0 Å². The van der Waals surface area contributed by atoms with E-state index in [-0.39, 0.29) is 0 Å². The maximum atomic E-state index is 5.68. The van der Waals surface area contributed by atoms with Gasteiger partial charge in [-0.05, 0) is 53.5 Å². The maximum absolute atomic E-state index is 5.68. The zero-order valence-corrected chi connectivity index (χ0v) is 12.8. The van der Waals surface area contributed by atoms with Gasteiger partial charge >= 0.3 is 0 Å². The molecule has 0 atom stereocenters. The van der Waals surface area contributed by atoms with Crippen molar-refractivity contribution in [1.82, 2.24) is 9.78 Å². The fourth-order valence-electron chi connectivity index (χ4n) is 1.75. The first kappa shape index (κ1) is 12.8. The standard InChI is InChI=1S/C12H13Br2N3/c1-7-12(14)8(2)17(16-7)11-4-9(6-15)3-10(13)5-11/h3-5H,6,15H2,1-2H3. The van der Waals surface area contributed by atoms with Gasteiger partial charge in [-0.15, -0.1) is 0 Å². The molecule has 0 radical (unpaired) electrons. The highest BCUT2D eigenvalue weighted by molar-refractivity contribution is 9.10. The third-order valence-electron chi connectivity index (χ3n) is 2.63. The van der Waals surface area contributed by atoms with Crippen LogP contribution in [0.1, 0.15) is 17.0 Å². The van der Waals surface area contributed by atoms with Crippen LogP contribution in [0.5, 0.6) is 0 Å². The molecule has 0 amide bonds. The van der Waals surface area contributed by atoms with Gasteiger partial charge in [-0.1, -0.05) is 15.9 Å². The van der Waals surface area contributed by atoms with Crippen LogP contribution in [0.4, 0.5) is 0 Å². The molecule has 0 aliphatic rings. The van der Waals surface area contributed by atoms with Gasteiger partial charge in [-0.25, -0.2) is 4.68 Å². The number of aryl methyl sites for hydroxylation is 1. The highest BCUT2D eigenvalue weighted by Gasteiger charge is 2.11. The van der Waals surface area contributed by atoms with Crippen LogP contribution in [-0.2, 0) is 6.54 Å². The number of halogens is 2. The molecule has 0 aliphatic heterocycles. The van der Waals surface area contributed by atoms with E-state index in [0.717, 1.165) is 31.6 Å². The molecule has 3 nitrogen and oxygen atoms in total. The van der Waals surface area contributed by atoms with E-state index in [9.17, 15) is 0 Å². The summed E-state index contributed by atoms with van der Waals surface area (Å²) in [7, 11) is 0. The molecular weight excluding hydrogens is 346 g/mol. The molecule has 2 aromatic rings. The molecule has 1 aromatic carbocycles. The minimum atomic E-state index is 0.521. The molecule has 1 aromatic heterocycles. The fourth-order valence-corrected chi connectivity index (χ4v) is 2.52. The van der Waals surface area contributed by atoms with Gasteiger partial charge in [0.15, 0.2) is 0 Å². The largest absolute Gasteiger partial charge is 0.326 e. The monoisotopic (exact) mass is 357 g/mol. The topological polar surface area (TPSA) is 43.8 Å². The predicted octanol–water partition coefficient (Wildman–Crippen LogP) is 3.47. The summed E-state index contributed by atoms with van der Waals surface area (Å²) in [5.41, 5.74) is 9.85. The summed E-state index contributed by atoms with van der Waals surface area (Å²) in [6.07, 6.45) is 0. The van der Waals surface area contributed by atoms with Crippen LogP contribution in [0.15, 0.2) is 27.1 Å². The van der Waals surface area contributed by atoms with Gasteiger partial charge in [-0.3, -0.25) is 0 Å². The summed E-state index contributed by atoms with van der Waals surface area (Å²) in [6, 6.07) is 6.10. The van der Waals surface area contributed by atoms with Crippen molar-refractivity contribution in [3.8, 4) is 5.69 Å². The summed E-state index contributed by atoms with van der Waals surface area (Å²) in [4.78, 5) is 0. The molecule has 0 fully saturated rings. The molecule has 0 saturated carbocycles. The summed E-state index contributed by atoms with van der Waals surface area (Å²) in [5, 5.41) is 4.50. The second kappa shape index (κ2) is 4.92. The Morgan fingerprint density at radius 2 is 1.94 bits per heavy atom. The lowest BCUT2D eigenvalue weighted by atomic mass is 10.2. The lowest BCUT2D eigenvalue weighted by molar-refractivity contribution is 0.830. The van der Waals surface area contributed by atoms with Gasteiger partial charge in [0.2, 0.25) is 0 Å². The normalized spacial score (nSPS) is 10.9. The van der Waals surface area contributed by atoms with Gasteiger partial charge in [0, 0.05) is 11.0 Å². The average Bonchev–Trinajstić information content (AvgIpc) is 2.56. The molecule has 2 N–H and O–H groups in total. The molecule has 1 heterocycles. The zero-order chi connectivity index (χ0) is 12.6. The van der Waals surface area contributed by atoms with Gasteiger partial charge in [0.1, 0.15) is 0 Å². The van der Waals surface area contributed by atoms with E-state index in [0.29, 0.717) is 6.54 Å². The van der Waals surface area contributed by atoms with Gasteiger partial charge < -0.3 is 5.73 Å². The van der Waals surface area contributed by atoms with Crippen molar-refractivity contribution in [3.05, 3.63) is 44.1 Å². The number of rotatable bonds is 2. The van der Waals surface area contributed by atoms with E-state index >= 15 is 0 Å². The van der Waals surface area contributed by atoms with Crippen molar-refractivity contribution >= 4 is 31.9 Å². The molecule has 0 saturated heterocycles. The first-order chi connectivity index (χ1) is 8.02. The Balaban J connectivity index is 2.59. The third kappa shape index (κ3) is 2.46. The Hall–Kier alpha value is -0.650. The van der Waals surface area contributed by atoms with Crippen molar-refractivity contribution in [1.29, 1.82) is 0 Å². The SMILES string of the molecule is Cc1nn(-c2cc(Br)cc(CN)c2)c(C)c1Br. The Morgan fingerprint density at radius 1 is 1.24 bits per heavy atom. The Labute approximate surface area is 117 Å². The quantitative estimate of drug-likeness (QED) is 0.893. The van der Waals surface area contributed by atoms with Crippen LogP contribution in [-0.4, -0.2) is 9.78 Å². The van der Waals surface area contributed by atoms with E-state index < -0.39 is 0 Å². The summed E-state index contributed by atoms with van der Waals surface area (Å²) < 4.78 is 3.98. The van der Waals surface area contributed by atoms with E-state index in [1.807, 2.05) is 30.7 Å². The molecule has 0 bridgehead atoms.